The molecule has 0 radical (unpaired) electrons. The molecule has 0 fully saturated rings. The topological polar surface area (TPSA) is 3.01 Å². The molecule has 0 spiro atoms. The Balaban J connectivity index is 2.10. The first-order valence-electron chi connectivity index (χ1n) is 10.2. The zero-order valence-corrected chi connectivity index (χ0v) is 17.2. The van der Waals surface area contributed by atoms with Crippen LogP contribution in [0.5, 0.6) is 0 Å². The largest absolute Gasteiger partial charge is 0.210 e. The van der Waals surface area contributed by atoms with Crippen molar-refractivity contribution in [2.24, 2.45) is 0 Å². The van der Waals surface area contributed by atoms with Gasteiger partial charge in [0.25, 0.3) is 0 Å². The minimum atomic E-state index is -0.00660. The Morgan fingerprint density at radius 2 is 1.70 bits per heavy atom. The molecule has 0 saturated carbocycles. The van der Waals surface area contributed by atoms with Crippen LogP contribution in [0.3, 0.4) is 0 Å². The van der Waals surface area contributed by atoms with Crippen molar-refractivity contribution in [3.8, 4) is 0 Å². The van der Waals surface area contributed by atoms with Crippen LogP contribution >= 0.6 is 0 Å². The van der Waals surface area contributed by atoms with Crippen molar-refractivity contribution in [3.05, 3.63) is 78.4 Å². The van der Waals surface area contributed by atoms with Crippen LogP contribution in [0.1, 0.15) is 52.5 Å². The van der Waals surface area contributed by atoms with Gasteiger partial charge in [0.15, 0.2) is 5.71 Å². The number of rotatable bonds is 7. The van der Waals surface area contributed by atoms with Crippen LogP contribution < -0.4 is 0 Å². The summed E-state index contributed by atoms with van der Waals surface area (Å²) in [6.07, 6.45) is 16.6. The number of allylic oxidation sites excluding steroid dienone is 6. The highest BCUT2D eigenvalue weighted by Crippen LogP contribution is 2.44. The van der Waals surface area contributed by atoms with Gasteiger partial charge < -0.3 is 0 Å². The van der Waals surface area contributed by atoms with Crippen LogP contribution in [0.15, 0.2) is 72.9 Å². The summed E-state index contributed by atoms with van der Waals surface area (Å²) >= 11 is 0. The van der Waals surface area contributed by atoms with Crippen LogP contribution in [-0.2, 0) is 5.41 Å². The van der Waals surface area contributed by atoms with Crippen molar-refractivity contribution in [1.82, 2.24) is 0 Å². The average molecular weight is 359 g/mol. The minimum Gasteiger partial charge on any atom is -0.195 e. The van der Waals surface area contributed by atoms with E-state index in [1.807, 2.05) is 6.92 Å². The Labute approximate surface area is 164 Å². The number of fused-ring (bicyclic) bond motifs is 3. The lowest BCUT2D eigenvalue weighted by Gasteiger charge is -2.17. The summed E-state index contributed by atoms with van der Waals surface area (Å²) in [5.41, 5.74) is 4.24. The van der Waals surface area contributed by atoms with E-state index in [1.54, 1.807) is 0 Å². The lowest BCUT2D eigenvalue weighted by Crippen LogP contribution is -2.28. The molecule has 140 valence electrons. The first-order valence-corrected chi connectivity index (χ1v) is 10.2. The van der Waals surface area contributed by atoms with Crippen LogP contribution in [0.2, 0.25) is 0 Å². The minimum absolute atomic E-state index is 0.00660. The maximum atomic E-state index is 2.55. The standard InChI is InChI=1S/C26H32N/c1-5-7-9-10-11-17-24-26(3,4)25-22-16-13-12-15-21(22)18-19-23(25)27(24)20-14-8-6-2/h5,7,9-13,15-19H,6,8,14,20H2,1-4H3/q+1/b7-5+,10-9+,17-11+. The van der Waals surface area contributed by atoms with Crippen molar-refractivity contribution in [2.45, 2.75) is 52.4 Å². The Kier molecular flexibility index (Phi) is 6.11. The van der Waals surface area contributed by atoms with Crippen molar-refractivity contribution in [3.63, 3.8) is 0 Å². The summed E-state index contributed by atoms with van der Waals surface area (Å²) < 4.78 is 2.55. The molecular formula is C26H32N+. The molecule has 1 aliphatic rings. The van der Waals surface area contributed by atoms with Gasteiger partial charge in [0.2, 0.25) is 5.69 Å². The smallest absolute Gasteiger partial charge is 0.195 e. The summed E-state index contributed by atoms with van der Waals surface area (Å²) in [6.45, 7) is 10.1. The normalized spacial score (nSPS) is 16.4. The monoisotopic (exact) mass is 358 g/mol. The van der Waals surface area contributed by atoms with Gasteiger partial charge in [-0.3, -0.25) is 0 Å². The Hall–Kier alpha value is -2.41. The third-order valence-electron chi connectivity index (χ3n) is 5.52. The maximum absolute atomic E-state index is 2.55. The van der Waals surface area contributed by atoms with E-state index in [-0.39, 0.29) is 5.41 Å². The molecule has 0 saturated heterocycles. The Morgan fingerprint density at radius 1 is 0.926 bits per heavy atom. The lowest BCUT2D eigenvalue weighted by atomic mass is 9.79. The molecule has 3 rings (SSSR count). The number of benzene rings is 2. The van der Waals surface area contributed by atoms with Gasteiger partial charge in [0.05, 0.1) is 5.41 Å². The Morgan fingerprint density at radius 3 is 2.48 bits per heavy atom. The molecule has 0 amide bonds. The number of nitrogens with zero attached hydrogens (tertiary/aromatic N) is 1. The van der Waals surface area contributed by atoms with Crippen LogP contribution in [0, 0.1) is 0 Å². The SMILES string of the molecule is C/C=C/C=C/C=C/C1=[N+](CCCCC)c2ccc3ccccc3c2C1(C)C. The molecule has 2 aromatic rings. The van der Waals surface area contributed by atoms with Crippen LogP contribution in [-0.4, -0.2) is 16.8 Å². The van der Waals surface area contributed by atoms with Crippen molar-refractivity contribution in [2.75, 3.05) is 6.54 Å². The summed E-state index contributed by atoms with van der Waals surface area (Å²) in [4.78, 5) is 0. The van der Waals surface area contributed by atoms with Gasteiger partial charge in [-0.1, -0.05) is 68.0 Å². The summed E-state index contributed by atoms with van der Waals surface area (Å²) in [6, 6.07) is 13.4. The molecular weight excluding hydrogens is 326 g/mol. The van der Waals surface area contributed by atoms with E-state index in [2.05, 4.69) is 98.2 Å². The first-order chi connectivity index (χ1) is 13.1. The van der Waals surface area contributed by atoms with E-state index in [0.717, 1.165) is 6.54 Å². The summed E-state index contributed by atoms with van der Waals surface area (Å²) in [5.74, 6) is 0. The quantitative estimate of drug-likeness (QED) is 0.282. The fourth-order valence-electron chi connectivity index (χ4n) is 4.18. The maximum Gasteiger partial charge on any atom is 0.210 e. The van der Waals surface area contributed by atoms with Gasteiger partial charge in [-0.25, -0.2) is 0 Å². The third-order valence-corrected chi connectivity index (χ3v) is 5.52. The fourth-order valence-corrected chi connectivity index (χ4v) is 4.18. The van der Waals surface area contributed by atoms with E-state index < -0.39 is 0 Å². The van der Waals surface area contributed by atoms with Crippen molar-refractivity contribution >= 4 is 22.2 Å². The predicted molar refractivity (Wildman–Crippen MR) is 119 cm³/mol. The molecule has 0 N–H and O–H groups in total. The fraction of sp³-hybridized carbons (Fsp3) is 0.346. The second kappa shape index (κ2) is 8.52. The van der Waals surface area contributed by atoms with E-state index in [9.17, 15) is 0 Å². The Bertz CT molecular complexity index is 922. The highest BCUT2D eigenvalue weighted by molar-refractivity contribution is 6.07. The van der Waals surface area contributed by atoms with E-state index >= 15 is 0 Å². The molecule has 0 unspecified atom stereocenters. The zero-order valence-electron chi connectivity index (χ0n) is 17.2. The molecule has 0 bridgehead atoms. The molecule has 2 aromatic carbocycles. The van der Waals surface area contributed by atoms with Crippen LogP contribution in [0.25, 0.3) is 10.8 Å². The highest BCUT2D eigenvalue weighted by atomic mass is 15.1. The average Bonchev–Trinajstić information content (AvgIpc) is 2.89. The van der Waals surface area contributed by atoms with E-state index in [1.165, 1.54) is 47.0 Å². The van der Waals surface area contributed by atoms with Gasteiger partial charge in [-0.15, -0.1) is 0 Å². The van der Waals surface area contributed by atoms with Crippen LogP contribution in [0.4, 0.5) is 5.69 Å². The van der Waals surface area contributed by atoms with Gasteiger partial charge in [-0.2, -0.15) is 4.58 Å². The van der Waals surface area contributed by atoms with E-state index in [0.29, 0.717) is 0 Å². The summed E-state index contributed by atoms with van der Waals surface area (Å²) in [5, 5.41) is 2.71. The van der Waals surface area contributed by atoms with Gasteiger partial charge in [0.1, 0.15) is 6.54 Å². The predicted octanol–water partition coefficient (Wildman–Crippen LogP) is 7.09. The number of hydrogen-bond acceptors (Lipinski definition) is 0. The summed E-state index contributed by atoms with van der Waals surface area (Å²) in [7, 11) is 0. The van der Waals surface area contributed by atoms with E-state index in [4.69, 9.17) is 0 Å². The molecule has 0 aliphatic carbocycles. The second-order valence-electron chi connectivity index (χ2n) is 7.82. The van der Waals surface area contributed by atoms with Gasteiger partial charge in [-0.05, 0) is 44.0 Å². The third kappa shape index (κ3) is 3.83. The molecule has 1 nitrogen and oxygen atoms in total. The second-order valence-corrected chi connectivity index (χ2v) is 7.82. The molecule has 1 heterocycles. The molecule has 0 aromatic heterocycles. The zero-order chi connectivity index (χ0) is 19.3. The molecule has 0 atom stereocenters. The molecule has 1 heteroatoms. The highest BCUT2D eigenvalue weighted by Gasteiger charge is 2.45. The lowest BCUT2D eigenvalue weighted by molar-refractivity contribution is -0.438. The molecule has 27 heavy (non-hydrogen) atoms. The van der Waals surface area contributed by atoms with Crippen molar-refractivity contribution in [1.29, 1.82) is 0 Å². The van der Waals surface area contributed by atoms with Crippen molar-refractivity contribution < 1.29 is 4.58 Å². The molecule has 1 aliphatic heterocycles. The number of hydrogen-bond donors (Lipinski definition) is 0. The van der Waals surface area contributed by atoms with Gasteiger partial charge >= 0.3 is 0 Å². The first kappa shape index (κ1) is 19.4. The number of unbranched alkanes of at least 4 members (excludes halogenated alkanes) is 2. The van der Waals surface area contributed by atoms with Gasteiger partial charge in [0, 0.05) is 24.1 Å².